The average Bonchev–Trinajstić information content (AvgIpc) is 2.92. The molecule has 1 fully saturated rings. The molecule has 6 heteroatoms. The second-order valence-electron chi connectivity index (χ2n) is 7.51. The van der Waals surface area contributed by atoms with Crippen molar-refractivity contribution < 1.29 is 9.53 Å². The molecule has 138 valence electrons. The molecule has 0 bridgehead atoms. The molecule has 3 unspecified atom stereocenters. The maximum atomic E-state index is 12.4. The normalized spacial score (nSPS) is 25.8. The van der Waals surface area contributed by atoms with Crippen LogP contribution in [0, 0.1) is 11.8 Å². The Morgan fingerprint density at radius 2 is 2.00 bits per heavy atom. The van der Waals surface area contributed by atoms with E-state index in [2.05, 4.69) is 24.5 Å². The fourth-order valence-electron chi connectivity index (χ4n) is 4.00. The van der Waals surface area contributed by atoms with Gasteiger partial charge < -0.3 is 15.4 Å². The van der Waals surface area contributed by atoms with Crippen LogP contribution in [0.2, 0.25) is 0 Å². The van der Waals surface area contributed by atoms with E-state index in [1.807, 2.05) is 0 Å². The summed E-state index contributed by atoms with van der Waals surface area (Å²) in [5, 5.41) is 8.23. The first kappa shape index (κ1) is 18.6. The van der Waals surface area contributed by atoms with E-state index < -0.39 is 0 Å². The number of anilines is 1. The summed E-state index contributed by atoms with van der Waals surface area (Å²) in [6, 6.07) is 0.421. The summed E-state index contributed by atoms with van der Waals surface area (Å²) in [4.78, 5) is 13.7. The highest BCUT2D eigenvalue weighted by molar-refractivity contribution is 7.80. The number of hydrogen-bond acceptors (Lipinski definition) is 4. The van der Waals surface area contributed by atoms with E-state index in [0.717, 1.165) is 36.2 Å². The van der Waals surface area contributed by atoms with Crippen LogP contribution in [0.5, 0.6) is 0 Å². The van der Waals surface area contributed by atoms with Crippen LogP contribution in [-0.2, 0) is 17.6 Å². The van der Waals surface area contributed by atoms with Crippen LogP contribution in [0.15, 0.2) is 0 Å². The summed E-state index contributed by atoms with van der Waals surface area (Å²) in [6.45, 7) is 4.55. The molecule has 2 aliphatic rings. The van der Waals surface area contributed by atoms with E-state index in [4.69, 9.17) is 17.0 Å². The summed E-state index contributed by atoms with van der Waals surface area (Å²) in [7, 11) is 1.45. The molecule has 0 amide bonds. The lowest BCUT2D eigenvalue weighted by Gasteiger charge is -2.30. The zero-order valence-electron chi connectivity index (χ0n) is 15.3. The Morgan fingerprint density at radius 1 is 1.24 bits per heavy atom. The number of thiophene rings is 1. The highest BCUT2D eigenvalue weighted by Gasteiger charge is 2.29. The zero-order valence-corrected chi connectivity index (χ0v) is 16.9. The molecule has 3 atom stereocenters. The number of rotatable bonds is 3. The van der Waals surface area contributed by atoms with Crippen molar-refractivity contribution in [2.75, 3.05) is 12.4 Å². The molecule has 4 nitrogen and oxygen atoms in total. The lowest BCUT2D eigenvalue weighted by molar-refractivity contribution is 0.0601. The lowest BCUT2D eigenvalue weighted by Crippen LogP contribution is -2.43. The maximum absolute atomic E-state index is 12.4. The molecule has 0 aliphatic heterocycles. The van der Waals surface area contributed by atoms with Crippen LogP contribution >= 0.6 is 23.6 Å². The van der Waals surface area contributed by atoms with Crippen molar-refractivity contribution >= 4 is 39.6 Å². The van der Waals surface area contributed by atoms with Gasteiger partial charge in [-0.2, -0.15) is 0 Å². The molecular formula is C19H28N2O2S2. The predicted molar refractivity (Wildman–Crippen MR) is 108 cm³/mol. The van der Waals surface area contributed by atoms with E-state index in [9.17, 15) is 4.79 Å². The number of thiocarbonyl (C=S) groups is 1. The van der Waals surface area contributed by atoms with Gasteiger partial charge in [0, 0.05) is 10.9 Å². The number of ether oxygens (including phenoxy) is 1. The van der Waals surface area contributed by atoms with Gasteiger partial charge in [-0.1, -0.05) is 26.7 Å². The summed E-state index contributed by atoms with van der Waals surface area (Å²) in [5.74, 6) is 1.03. The quantitative estimate of drug-likeness (QED) is 0.596. The number of esters is 1. The predicted octanol–water partition coefficient (Wildman–Crippen LogP) is 4.52. The van der Waals surface area contributed by atoms with Crippen molar-refractivity contribution in [3.05, 3.63) is 16.0 Å². The largest absolute Gasteiger partial charge is 0.465 e. The minimum Gasteiger partial charge on any atom is -0.465 e. The van der Waals surface area contributed by atoms with Crippen LogP contribution in [0.4, 0.5) is 5.00 Å². The molecule has 3 rings (SSSR count). The molecule has 0 spiro atoms. The average molecular weight is 381 g/mol. The molecule has 0 aromatic carbocycles. The van der Waals surface area contributed by atoms with Crippen molar-refractivity contribution in [2.24, 2.45) is 11.8 Å². The fraction of sp³-hybridized carbons (Fsp3) is 0.684. The Kier molecular flexibility index (Phi) is 6.00. The molecule has 1 heterocycles. The zero-order chi connectivity index (χ0) is 18.0. The van der Waals surface area contributed by atoms with Gasteiger partial charge in [-0.25, -0.2) is 4.79 Å². The van der Waals surface area contributed by atoms with Crippen molar-refractivity contribution in [3.63, 3.8) is 0 Å². The van der Waals surface area contributed by atoms with Gasteiger partial charge in [-0.3, -0.25) is 0 Å². The van der Waals surface area contributed by atoms with Gasteiger partial charge in [-0.15, -0.1) is 11.3 Å². The first-order valence-electron chi connectivity index (χ1n) is 9.30. The third kappa shape index (κ3) is 4.17. The number of carbonyl (C=O) groups is 1. The minimum atomic E-state index is -0.261. The third-order valence-corrected chi connectivity index (χ3v) is 6.95. The van der Waals surface area contributed by atoms with Gasteiger partial charge in [0.2, 0.25) is 0 Å². The maximum Gasteiger partial charge on any atom is 0.341 e. The van der Waals surface area contributed by atoms with Gasteiger partial charge in [0.1, 0.15) is 5.00 Å². The molecule has 2 N–H and O–H groups in total. The van der Waals surface area contributed by atoms with Crippen molar-refractivity contribution in [1.82, 2.24) is 5.32 Å². The van der Waals surface area contributed by atoms with E-state index in [0.29, 0.717) is 28.6 Å². The molecule has 0 radical (unpaired) electrons. The lowest BCUT2D eigenvalue weighted by atomic mass is 9.86. The minimum absolute atomic E-state index is 0.261. The van der Waals surface area contributed by atoms with Crippen LogP contribution in [0.1, 0.15) is 66.8 Å². The van der Waals surface area contributed by atoms with Gasteiger partial charge >= 0.3 is 5.97 Å². The van der Waals surface area contributed by atoms with Gasteiger partial charge in [-0.05, 0) is 61.7 Å². The Balaban J connectivity index is 1.77. The smallest absolute Gasteiger partial charge is 0.341 e. The van der Waals surface area contributed by atoms with Gasteiger partial charge in [0.25, 0.3) is 0 Å². The first-order valence-corrected chi connectivity index (χ1v) is 10.5. The van der Waals surface area contributed by atoms with E-state index in [1.54, 1.807) is 11.3 Å². The molecule has 1 saturated carbocycles. The Morgan fingerprint density at radius 3 is 2.72 bits per heavy atom. The molecular weight excluding hydrogens is 352 g/mol. The SMILES string of the molecule is COC(=O)c1c(NC(=S)NC2CCCCC2C)sc2c1CCC(C)C2. The second kappa shape index (κ2) is 8.04. The summed E-state index contributed by atoms with van der Waals surface area (Å²) >= 11 is 7.21. The van der Waals surface area contributed by atoms with E-state index >= 15 is 0 Å². The van der Waals surface area contributed by atoms with Gasteiger partial charge in [0.15, 0.2) is 5.11 Å². The molecule has 1 aromatic heterocycles. The Labute approximate surface area is 159 Å². The van der Waals surface area contributed by atoms with Crippen molar-refractivity contribution in [1.29, 1.82) is 0 Å². The second-order valence-corrected chi connectivity index (χ2v) is 9.03. The summed E-state index contributed by atoms with van der Waals surface area (Å²) in [5.41, 5.74) is 1.85. The van der Waals surface area contributed by atoms with E-state index in [1.165, 1.54) is 31.2 Å². The van der Waals surface area contributed by atoms with E-state index in [-0.39, 0.29) is 5.97 Å². The third-order valence-electron chi connectivity index (χ3n) is 5.56. The monoisotopic (exact) mass is 380 g/mol. The summed E-state index contributed by atoms with van der Waals surface area (Å²) < 4.78 is 5.04. The molecule has 0 saturated heterocycles. The van der Waals surface area contributed by atoms with Crippen LogP contribution in [0.25, 0.3) is 0 Å². The molecule has 1 aromatic rings. The fourth-order valence-corrected chi connectivity index (χ4v) is 5.72. The van der Waals surface area contributed by atoms with Crippen LogP contribution in [-0.4, -0.2) is 24.2 Å². The molecule has 2 aliphatic carbocycles. The number of fused-ring (bicyclic) bond motifs is 1. The van der Waals surface area contributed by atoms with Crippen molar-refractivity contribution in [2.45, 2.75) is 64.8 Å². The van der Waals surface area contributed by atoms with Gasteiger partial charge in [0.05, 0.1) is 12.7 Å². The number of nitrogens with one attached hydrogen (secondary N) is 2. The van der Waals surface area contributed by atoms with Crippen LogP contribution in [0.3, 0.4) is 0 Å². The number of carbonyl (C=O) groups excluding carboxylic acids is 1. The Hall–Kier alpha value is -1.14. The topological polar surface area (TPSA) is 50.4 Å². The molecule has 25 heavy (non-hydrogen) atoms. The van der Waals surface area contributed by atoms with Crippen molar-refractivity contribution in [3.8, 4) is 0 Å². The standard InChI is InChI=1S/C19H28N2O2S2/c1-11-8-9-13-15(10-11)25-17(16(13)18(22)23-3)21-19(24)20-14-7-5-4-6-12(14)2/h11-12,14H,4-10H2,1-3H3,(H2,20,21,24). The number of hydrogen-bond donors (Lipinski definition) is 2. The number of methoxy groups -OCH3 is 1. The highest BCUT2D eigenvalue weighted by Crippen LogP contribution is 2.40. The first-order chi connectivity index (χ1) is 12.0. The summed E-state index contributed by atoms with van der Waals surface area (Å²) in [6.07, 6.45) is 8.06. The Bertz CT molecular complexity index is 656. The van der Waals surface area contributed by atoms with Crippen LogP contribution < -0.4 is 10.6 Å². The highest BCUT2D eigenvalue weighted by atomic mass is 32.1.